The molecule has 1 aromatic heterocycles. The van der Waals surface area contributed by atoms with Crippen LogP contribution in [0.1, 0.15) is 44.3 Å². The van der Waals surface area contributed by atoms with Crippen molar-refractivity contribution in [2.45, 2.75) is 44.9 Å². The molecule has 0 aliphatic heterocycles. The first-order chi connectivity index (χ1) is 8.83. The third-order valence-electron chi connectivity index (χ3n) is 4.11. The summed E-state index contributed by atoms with van der Waals surface area (Å²) >= 11 is 0. The highest BCUT2D eigenvalue weighted by Gasteiger charge is 2.14. The van der Waals surface area contributed by atoms with Crippen molar-refractivity contribution in [2.75, 3.05) is 5.73 Å². The molecule has 0 atom stereocenters. The molecule has 18 heavy (non-hydrogen) atoms. The van der Waals surface area contributed by atoms with E-state index in [9.17, 15) is 0 Å². The first-order valence-corrected chi connectivity index (χ1v) is 7.06. The molecule has 96 valence electrons. The van der Waals surface area contributed by atoms with Gasteiger partial charge in [0, 0.05) is 6.42 Å². The lowest BCUT2D eigenvalue weighted by atomic mass is 9.86. The van der Waals surface area contributed by atoms with Crippen LogP contribution in [0.5, 0.6) is 0 Å². The summed E-state index contributed by atoms with van der Waals surface area (Å²) in [4.78, 5) is 8.00. The summed E-state index contributed by atoms with van der Waals surface area (Å²) in [5.74, 6) is 2.00. The molecule has 0 radical (unpaired) electrons. The topological polar surface area (TPSA) is 54.7 Å². The van der Waals surface area contributed by atoms with Crippen LogP contribution in [0.2, 0.25) is 0 Å². The van der Waals surface area contributed by atoms with Crippen LogP contribution >= 0.6 is 0 Å². The van der Waals surface area contributed by atoms with Gasteiger partial charge in [0.1, 0.15) is 11.3 Å². The van der Waals surface area contributed by atoms with E-state index in [1.54, 1.807) is 0 Å². The quantitative estimate of drug-likeness (QED) is 0.808. The van der Waals surface area contributed by atoms with Gasteiger partial charge in [-0.15, -0.1) is 0 Å². The summed E-state index contributed by atoms with van der Waals surface area (Å²) in [7, 11) is 0. The summed E-state index contributed by atoms with van der Waals surface area (Å²) < 4.78 is 0. The molecular weight excluding hydrogens is 222 g/mol. The number of nitrogens with one attached hydrogen (secondary N) is 1. The number of aryl methyl sites for hydroxylation is 1. The molecule has 0 bridgehead atoms. The molecule has 1 fully saturated rings. The zero-order valence-electron chi connectivity index (χ0n) is 10.8. The Labute approximate surface area is 108 Å². The Hall–Kier alpha value is -1.51. The number of nitrogen functional groups attached to an aromatic ring is 1. The summed E-state index contributed by atoms with van der Waals surface area (Å²) in [6, 6.07) is 5.93. The normalized spacial score (nSPS) is 17.3. The molecule has 3 nitrogen and oxygen atoms in total. The first kappa shape index (κ1) is 11.6. The molecule has 1 aliphatic rings. The Morgan fingerprint density at radius 3 is 2.83 bits per heavy atom. The number of imidazole rings is 1. The van der Waals surface area contributed by atoms with Crippen molar-refractivity contribution in [2.24, 2.45) is 5.92 Å². The Balaban J connectivity index is 1.69. The number of nitrogens with zero attached hydrogens (tertiary/aromatic N) is 1. The summed E-state index contributed by atoms with van der Waals surface area (Å²) in [6.45, 7) is 0. The van der Waals surface area contributed by atoms with Gasteiger partial charge in [0.05, 0.1) is 11.2 Å². The maximum Gasteiger partial charge on any atom is 0.111 e. The van der Waals surface area contributed by atoms with Gasteiger partial charge in [0.25, 0.3) is 0 Å². The Morgan fingerprint density at radius 2 is 2.06 bits per heavy atom. The van der Waals surface area contributed by atoms with Crippen LogP contribution in [0.15, 0.2) is 18.2 Å². The molecule has 1 saturated carbocycles. The molecule has 0 amide bonds. The third kappa shape index (κ3) is 2.35. The van der Waals surface area contributed by atoms with E-state index in [1.165, 1.54) is 38.5 Å². The van der Waals surface area contributed by atoms with Gasteiger partial charge in [-0.2, -0.15) is 0 Å². The fourth-order valence-electron chi connectivity index (χ4n) is 3.04. The van der Waals surface area contributed by atoms with E-state index >= 15 is 0 Å². The molecule has 3 N–H and O–H groups in total. The van der Waals surface area contributed by atoms with Crippen molar-refractivity contribution in [3.05, 3.63) is 24.0 Å². The number of fused-ring (bicyclic) bond motifs is 1. The minimum absolute atomic E-state index is 0.771. The molecule has 1 heterocycles. The number of nitrogens with two attached hydrogens (primary N) is 1. The molecule has 3 heteroatoms. The molecule has 1 aromatic carbocycles. The average Bonchev–Trinajstić information content (AvgIpc) is 2.82. The smallest absolute Gasteiger partial charge is 0.111 e. The van der Waals surface area contributed by atoms with Crippen molar-refractivity contribution < 1.29 is 0 Å². The van der Waals surface area contributed by atoms with Crippen LogP contribution in [-0.2, 0) is 6.42 Å². The van der Waals surface area contributed by atoms with Crippen molar-refractivity contribution in [3.63, 3.8) is 0 Å². The number of H-pyrrole nitrogens is 1. The standard InChI is InChI=1S/C15H21N3/c16-12-7-4-8-13-15(12)18-14(17-13)10-9-11-5-2-1-3-6-11/h4,7-8,11H,1-3,5-6,9-10,16H2,(H,17,18). The lowest BCUT2D eigenvalue weighted by molar-refractivity contribution is 0.337. The van der Waals surface area contributed by atoms with E-state index in [0.29, 0.717) is 0 Å². The van der Waals surface area contributed by atoms with Gasteiger partial charge in [0.2, 0.25) is 0 Å². The Kier molecular flexibility index (Phi) is 3.22. The molecule has 0 saturated heterocycles. The molecule has 0 spiro atoms. The average molecular weight is 243 g/mol. The number of hydrogen-bond donors (Lipinski definition) is 2. The minimum atomic E-state index is 0.771. The van der Waals surface area contributed by atoms with E-state index in [1.807, 2.05) is 18.2 Å². The Morgan fingerprint density at radius 1 is 1.22 bits per heavy atom. The van der Waals surface area contributed by atoms with E-state index in [2.05, 4.69) is 9.97 Å². The van der Waals surface area contributed by atoms with Crippen molar-refractivity contribution in [3.8, 4) is 0 Å². The van der Waals surface area contributed by atoms with Crippen LogP contribution in [-0.4, -0.2) is 9.97 Å². The number of para-hydroxylation sites is 1. The van der Waals surface area contributed by atoms with Crippen molar-refractivity contribution in [1.82, 2.24) is 9.97 Å². The van der Waals surface area contributed by atoms with E-state index in [0.717, 1.165) is 34.9 Å². The predicted molar refractivity (Wildman–Crippen MR) is 75.4 cm³/mol. The maximum atomic E-state index is 5.93. The molecule has 0 unspecified atom stereocenters. The zero-order chi connectivity index (χ0) is 12.4. The zero-order valence-corrected chi connectivity index (χ0v) is 10.8. The van der Waals surface area contributed by atoms with Gasteiger partial charge in [-0.05, 0) is 24.5 Å². The lowest BCUT2D eigenvalue weighted by Crippen LogP contribution is -2.07. The highest BCUT2D eigenvalue weighted by atomic mass is 14.9. The first-order valence-electron chi connectivity index (χ1n) is 7.06. The highest BCUT2D eigenvalue weighted by Crippen LogP contribution is 2.27. The van der Waals surface area contributed by atoms with Crippen molar-refractivity contribution in [1.29, 1.82) is 0 Å². The second kappa shape index (κ2) is 5.01. The van der Waals surface area contributed by atoms with E-state index in [-0.39, 0.29) is 0 Å². The predicted octanol–water partition coefficient (Wildman–Crippen LogP) is 3.66. The van der Waals surface area contributed by atoms with E-state index in [4.69, 9.17) is 5.73 Å². The monoisotopic (exact) mass is 243 g/mol. The van der Waals surface area contributed by atoms with E-state index < -0.39 is 0 Å². The molecule has 3 rings (SSSR count). The number of aromatic amines is 1. The number of benzene rings is 1. The van der Waals surface area contributed by atoms with Gasteiger partial charge in [0.15, 0.2) is 0 Å². The lowest BCUT2D eigenvalue weighted by Gasteiger charge is -2.20. The van der Waals surface area contributed by atoms with Crippen LogP contribution in [0, 0.1) is 5.92 Å². The van der Waals surface area contributed by atoms with Crippen molar-refractivity contribution >= 4 is 16.7 Å². The fourth-order valence-corrected chi connectivity index (χ4v) is 3.04. The van der Waals surface area contributed by atoms with Crippen LogP contribution in [0.25, 0.3) is 11.0 Å². The van der Waals surface area contributed by atoms with Gasteiger partial charge in [-0.25, -0.2) is 4.98 Å². The Bertz CT molecular complexity index is 524. The van der Waals surface area contributed by atoms with Gasteiger partial charge in [-0.1, -0.05) is 38.2 Å². The largest absolute Gasteiger partial charge is 0.397 e. The van der Waals surface area contributed by atoms with Gasteiger partial charge < -0.3 is 10.7 Å². The fraction of sp³-hybridized carbons (Fsp3) is 0.533. The van der Waals surface area contributed by atoms with Gasteiger partial charge >= 0.3 is 0 Å². The second-order valence-corrected chi connectivity index (χ2v) is 5.47. The summed E-state index contributed by atoms with van der Waals surface area (Å²) in [6.07, 6.45) is 9.39. The third-order valence-corrected chi connectivity index (χ3v) is 4.11. The number of aromatic nitrogens is 2. The maximum absolute atomic E-state index is 5.93. The highest BCUT2D eigenvalue weighted by molar-refractivity contribution is 5.86. The van der Waals surface area contributed by atoms with Crippen LogP contribution in [0.4, 0.5) is 5.69 Å². The van der Waals surface area contributed by atoms with Gasteiger partial charge in [-0.3, -0.25) is 0 Å². The number of hydrogen-bond acceptors (Lipinski definition) is 2. The molecular formula is C15H21N3. The molecule has 2 aromatic rings. The minimum Gasteiger partial charge on any atom is -0.397 e. The SMILES string of the molecule is Nc1cccc2[nH]c(CCC3CCCCC3)nc12. The summed E-state index contributed by atoms with van der Waals surface area (Å²) in [5.41, 5.74) is 8.69. The molecule has 1 aliphatic carbocycles. The number of anilines is 1. The number of rotatable bonds is 3. The summed E-state index contributed by atoms with van der Waals surface area (Å²) in [5, 5.41) is 0. The van der Waals surface area contributed by atoms with Crippen LogP contribution < -0.4 is 5.73 Å². The van der Waals surface area contributed by atoms with Crippen LogP contribution in [0.3, 0.4) is 0 Å². The second-order valence-electron chi connectivity index (χ2n) is 5.47.